The predicted molar refractivity (Wildman–Crippen MR) is 73.9 cm³/mol. The molecule has 0 radical (unpaired) electrons. The number of hydrogen-bond acceptors (Lipinski definition) is 4. The molecule has 0 amide bonds. The standard InChI is InChI=1S/3C4H10O.CH4O/c3*1-4(2)3-5;1-2/h3*4-5H,3H2,1-2H3;2H,1H3. The third kappa shape index (κ3) is 89.0. The van der Waals surface area contributed by atoms with Crippen LogP contribution in [0.25, 0.3) is 0 Å². The van der Waals surface area contributed by atoms with Crippen LogP contribution in [0.3, 0.4) is 0 Å². The fourth-order valence-corrected chi connectivity index (χ4v) is 0. The number of aliphatic hydroxyl groups excluding tert-OH is 4. The monoisotopic (exact) mass is 254 g/mol. The second kappa shape index (κ2) is 24.9. The first-order valence-electron chi connectivity index (χ1n) is 6.08. The van der Waals surface area contributed by atoms with Crippen LogP contribution in [0.2, 0.25) is 0 Å². The lowest BCUT2D eigenvalue weighted by atomic mass is 10.2. The zero-order chi connectivity index (χ0) is 14.9. The summed E-state index contributed by atoms with van der Waals surface area (Å²) in [6.07, 6.45) is 0. The molecule has 0 rings (SSSR count). The predicted octanol–water partition coefficient (Wildman–Crippen LogP) is 1.51. The van der Waals surface area contributed by atoms with E-state index in [1.165, 1.54) is 0 Å². The molecular weight excluding hydrogens is 220 g/mol. The molecule has 0 aromatic rings. The first kappa shape index (κ1) is 25.6. The van der Waals surface area contributed by atoms with Crippen LogP contribution in [0.4, 0.5) is 0 Å². The van der Waals surface area contributed by atoms with Crippen LogP contribution in [-0.4, -0.2) is 47.4 Å². The first-order chi connectivity index (χ1) is 7.81. The minimum Gasteiger partial charge on any atom is -0.400 e. The maximum atomic E-state index is 8.14. The zero-order valence-electron chi connectivity index (χ0n) is 12.6. The van der Waals surface area contributed by atoms with Gasteiger partial charge in [-0.05, 0) is 17.8 Å². The molecule has 0 saturated carbocycles. The zero-order valence-corrected chi connectivity index (χ0v) is 12.6. The van der Waals surface area contributed by atoms with Crippen molar-refractivity contribution >= 4 is 0 Å². The fraction of sp³-hybridized carbons (Fsp3) is 1.00. The summed E-state index contributed by atoms with van der Waals surface area (Å²) in [5.41, 5.74) is 0. The van der Waals surface area contributed by atoms with Crippen molar-refractivity contribution < 1.29 is 20.4 Å². The fourth-order valence-electron chi connectivity index (χ4n) is 0. The summed E-state index contributed by atoms with van der Waals surface area (Å²) in [6.45, 7) is 12.7. The van der Waals surface area contributed by atoms with Crippen LogP contribution < -0.4 is 0 Å². The van der Waals surface area contributed by atoms with Crippen molar-refractivity contribution in [3.8, 4) is 0 Å². The smallest absolute Gasteiger partial charge is 0.0453 e. The summed E-state index contributed by atoms with van der Waals surface area (Å²) in [7, 11) is 1.00. The van der Waals surface area contributed by atoms with E-state index >= 15 is 0 Å². The molecule has 0 spiro atoms. The van der Waals surface area contributed by atoms with Crippen LogP contribution in [-0.2, 0) is 0 Å². The van der Waals surface area contributed by atoms with Crippen LogP contribution in [0.1, 0.15) is 41.5 Å². The van der Waals surface area contributed by atoms with Gasteiger partial charge in [0.2, 0.25) is 0 Å². The molecule has 17 heavy (non-hydrogen) atoms. The highest BCUT2D eigenvalue weighted by molar-refractivity contribution is 4.33. The van der Waals surface area contributed by atoms with E-state index in [1.54, 1.807) is 0 Å². The molecule has 0 aromatic carbocycles. The third-order valence-electron chi connectivity index (χ3n) is 1.10. The summed E-state index contributed by atoms with van der Waals surface area (Å²) >= 11 is 0. The Balaban J connectivity index is -0.0000000693. The van der Waals surface area contributed by atoms with Gasteiger partial charge in [-0.2, -0.15) is 0 Å². The third-order valence-corrected chi connectivity index (χ3v) is 1.10. The normalized spacial score (nSPS) is 8.82. The Labute approximate surface area is 107 Å². The van der Waals surface area contributed by atoms with E-state index in [0.717, 1.165) is 7.11 Å². The lowest BCUT2D eigenvalue weighted by Crippen LogP contribution is -1.90. The van der Waals surface area contributed by atoms with Crippen molar-refractivity contribution in [1.82, 2.24) is 0 Å². The Morgan fingerprint density at radius 2 is 0.588 bits per heavy atom. The Kier molecular flexibility index (Phi) is 37.5. The van der Waals surface area contributed by atoms with E-state index in [4.69, 9.17) is 20.4 Å². The van der Waals surface area contributed by atoms with Crippen LogP contribution in [0, 0.1) is 17.8 Å². The molecule has 0 aromatic heterocycles. The molecule has 0 fully saturated rings. The molecule has 110 valence electrons. The molecule has 0 aliphatic rings. The average molecular weight is 254 g/mol. The molecule has 0 aliphatic heterocycles. The van der Waals surface area contributed by atoms with Crippen molar-refractivity contribution in [2.75, 3.05) is 26.9 Å². The van der Waals surface area contributed by atoms with Gasteiger partial charge in [0.1, 0.15) is 0 Å². The van der Waals surface area contributed by atoms with Gasteiger partial charge in [0.15, 0.2) is 0 Å². The Bertz CT molecular complexity index is 74.4. The van der Waals surface area contributed by atoms with Crippen molar-refractivity contribution in [3.63, 3.8) is 0 Å². The quantitative estimate of drug-likeness (QED) is 0.615. The van der Waals surface area contributed by atoms with Crippen molar-refractivity contribution in [1.29, 1.82) is 0 Å². The molecule has 4 nitrogen and oxygen atoms in total. The second-order valence-corrected chi connectivity index (χ2v) is 4.73. The lowest BCUT2D eigenvalue weighted by molar-refractivity contribution is 0.248. The average Bonchev–Trinajstić information content (AvgIpc) is 2.32. The second-order valence-electron chi connectivity index (χ2n) is 4.73. The van der Waals surface area contributed by atoms with E-state index in [1.807, 2.05) is 41.5 Å². The van der Waals surface area contributed by atoms with Crippen molar-refractivity contribution in [2.24, 2.45) is 17.8 Å². The van der Waals surface area contributed by atoms with Crippen molar-refractivity contribution in [2.45, 2.75) is 41.5 Å². The van der Waals surface area contributed by atoms with Crippen LogP contribution in [0.5, 0.6) is 0 Å². The molecule has 4 heteroatoms. The van der Waals surface area contributed by atoms with E-state index in [2.05, 4.69) is 0 Å². The highest BCUT2D eigenvalue weighted by atomic mass is 16.3. The van der Waals surface area contributed by atoms with Gasteiger partial charge in [-0.15, -0.1) is 0 Å². The van der Waals surface area contributed by atoms with Crippen LogP contribution in [0.15, 0.2) is 0 Å². The van der Waals surface area contributed by atoms with Gasteiger partial charge >= 0.3 is 0 Å². The molecule has 0 saturated heterocycles. The molecule has 0 bridgehead atoms. The maximum Gasteiger partial charge on any atom is 0.0453 e. The van der Waals surface area contributed by atoms with Gasteiger partial charge in [-0.1, -0.05) is 41.5 Å². The van der Waals surface area contributed by atoms with Crippen LogP contribution >= 0.6 is 0 Å². The largest absolute Gasteiger partial charge is 0.400 e. The number of aliphatic hydroxyl groups is 4. The number of hydrogen-bond donors (Lipinski definition) is 4. The van der Waals surface area contributed by atoms with E-state index in [9.17, 15) is 0 Å². The van der Waals surface area contributed by atoms with Gasteiger partial charge in [0, 0.05) is 26.9 Å². The Morgan fingerprint density at radius 1 is 0.529 bits per heavy atom. The van der Waals surface area contributed by atoms with Gasteiger partial charge in [-0.3, -0.25) is 0 Å². The van der Waals surface area contributed by atoms with E-state index < -0.39 is 0 Å². The SMILES string of the molecule is CC(C)CO.CC(C)CO.CC(C)CO.CO. The molecule has 0 atom stereocenters. The Hall–Kier alpha value is -0.160. The van der Waals surface area contributed by atoms with Crippen molar-refractivity contribution in [3.05, 3.63) is 0 Å². The summed E-state index contributed by atoms with van der Waals surface area (Å²) in [5.74, 6) is 1.32. The Morgan fingerprint density at radius 3 is 0.588 bits per heavy atom. The minimum atomic E-state index is 0.306. The van der Waals surface area contributed by atoms with Gasteiger partial charge in [0.25, 0.3) is 0 Å². The molecular formula is C13H34O4. The van der Waals surface area contributed by atoms with Gasteiger partial charge < -0.3 is 20.4 Å². The van der Waals surface area contributed by atoms with E-state index in [-0.39, 0.29) is 0 Å². The first-order valence-corrected chi connectivity index (χ1v) is 6.08. The topological polar surface area (TPSA) is 80.9 Å². The summed E-state index contributed by atoms with van der Waals surface area (Å²) in [4.78, 5) is 0. The summed E-state index contributed by atoms with van der Waals surface area (Å²) < 4.78 is 0. The lowest BCUT2D eigenvalue weighted by Gasteiger charge is -1.90. The van der Waals surface area contributed by atoms with E-state index in [0.29, 0.717) is 37.6 Å². The summed E-state index contributed by atoms with van der Waals surface area (Å²) in [5, 5.41) is 31.4. The van der Waals surface area contributed by atoms with Gasteiger partial charge in [-0.25, -0.2) is 0 Å². The van der Waals surface area contributed by atoms with Gasteiger partial charge in [0.05, 0.1) is 0 Å². The molecule has 0 heterocycles. The minimum absolute atomic E-state index is 0.306. The maximum absolute atomic E-state index is 8.14. The number of rotatable bonds is 3. The highest BCUT2D eigenvalue weighted by Gasteiger charge is 1.82. The molecule has 0 aliphatic carbocycles. The summed E-state index contributed by atoms with van der Waals surface area (Å²) in [6, 6.07) is 0. The molecule has 0 unspecified atom stereocenters. The highest BCUT2D eigenvalue weighted by Crippen LogP contribution is 1.84. The molecule has 4 N–H and O–H groups in total.